The minimum absolute atomic E-state index is 0.449. The lowest BCUT2D eigenvalue weighted by Crippen LogP contribution is -2.14. The number of nitrogen functional groups attached to an aromatic ring is 1. The van der Waals surface area contributed by atoms with Crippen LogP contribution in [0.25, 0.3) is 0 Å². The van der Waals surface area contributed by atoms with Crippen LogP contribution in [0.15, 0.2) is 0 Å². The summed E-state index contributed by atoms with van der Waals surface area (Å²) in [4.78, 5) is 9.20. The van der Waals surface area contributed by atoms with Crippen molar-refractivity contribution < 1.29 is 4.74 Å². The molecule has 1 saturated carbocycles. The lowest BCUT2D eigenvalue weighted by molar-refractivity contribution is 0.385. The molecule has 1 heterocycles. The standard InChI is InChI=1S/C16H28N4O/c1-3-4-8-11-18-15-13(17)16(21-2)20-14(19-15)12-9-6-5-7-10-12/h12H,3-11,17H2,1-2H3,(H,18,19,20). The molecule has 0 saturated heterocycles. The van der Waals surface area contributed by atoms with Gasteiger partial charge in [0.2, 0.25) is 5.88 Å². The minimum Gasteiger partial charge on any atom is -0.479 e. The predicted octanol–water partition coefficient (Wildman–Crippen LogP) is 3.72. The molecule has 21 heavy (non-hydrogen) atoms. The highest BCUT2D eigenvalue weighted by Gasteiger charge is 2.21. The molecular formula is C16H28N4O. The quantitative estimate of drug-likeness (QED) is 0.749. The summed E-state index contributed by atoms with van der Waals surface area (Å²) in [6.07, 6.45) is 9.73. The maximum atomic E-state index is 6.09. The fourth-order valence-corrected chi connectivity index (χ4v) is 2.88. The third-order valence-electron chi connectivity index (χ3n) is 4.16. The van der Waals surface area contributed by atoms with Crippen molar-refractivity contribution in [2.45, 2.75) is 64.2 Å². The number of hydrogen-bond donors (Lipinski definition) is 2. The largest absolute Gasteiger partial charge is 0.479 e. The summed E-state index contributed by atoms with van der Waals surface area (Å²) in [7, 11) is 1.62. The van der Waals surface area contributed by atoms with Crippen LogP contribution >= 0.6 is 0 Å². The highest BCUT2D eigenvalue weighted by Crippen LogP contribution is 2.34. The van der Waals surface area contributed by atoms with Gasteiger partial charge >= 0.3 is 0 Å². The zero-order chi connectivity index (χ0) is 15.1. The van der Waals surface area contributed by atoms with Crippen LogP contribution in [0.3, 0.4) is 0 Å². The predicted molar refractivity (Wildman–Crippen MR) is 86.8 cm³/mol. The molecule has 5 heteroatoms. The van der Waals surface area contributed by atoms with Gasteiger partial charge in [-0.15, -0.1) is 0 Å². The fourth-order valence-electron chi connectivity index (χ4n) is 2.88. The lowest BCUT2D eigenvalue weighted by Gasteiger charge is -2.22. The molecule has 118 valence electrons. The van der Waals surface area contributed by atoms with Gasteiger partial charge in [0.25, 0.3) is 0 Å². The minimum atomic E-state index is 0.449. The van der Waals surface area contributed by atoms with Crippen molar-refractivity contribution in [3.05, 3.63) is 5.82 Å². The summed E-state index contributed by atoms with van der Waals surface area (Å²) in [6, 6.07) is 0. The smallest absolute Gasteiger partial charge is 0.242 e. The van der Waals surface area contributed by atoms with Crippen LogP contribution < -0.4 is 15.8 Å². The van der Waals surface area contributed by atoms with Crippen molar-refractivity contribution in [3.8, 4) is 5.88 Å². The van der Waals surface area contributed by atoms with Gasteiger partial charge in [-0.05, 0) is 19.3 Å². The molecule has 1 aliphatic carbocycles. The molecule has 5 nitrogen and oxygen atoms in total. The van der Waals surface area contributed by atoms with Crippen LogP contribution in [-0.2, 0) is 0 Å². The molecule has 1 aromatic heterocycles. The summed E-state index contributed by atoms with van der Waals surface area (Å²) in [6.45, 7) is 3.09. The van der Waals surface area contributed by atoms with E-state index in [1.807, 2.05) is 0 Å². The van der Waals surface area contributed by atoms with Gasteiger partial charge in [0, 0.05) is 12.5 Å². The Kier molecular flexibility index (Phi) is 6.08. The number of anilines is 2. The Labute approximate surface area is 127 Å². The number of nitrogens with zero attached hydrogens (tertiary/aromatic N) is 2. The Morgan fingerprint density at radius 3 is 2.62 bits per heavy atom. The van der Waals surface area contributed by atoms with Crippen molar-refractivity contribution in [1.29, 1.82) is 0 Å². The summed E-state index contributed by atoms with van der Waals surface area (Å²) in [5.74, 6) is 2.57. The van der Waals surface area contributed by atoms with Crippen molar-refractivity contribution in [2.24, 2.45) is 0 Å². The number of hydrogen-bond acceptors (Lipinski definition) is 5. The van der Waals surface area contributed by atoms with Crippen molar-refractivity contribution in [2.75, 3.05) is 24.7 Å². The van der Waals surface area contributed by atoms with E-state index in [0.717, 1.165) is 24.6 Å². The van der Waals surface area contributed by atoms with Crippen LogP contribution in [-0.4, -0.2) is 23.6 Å². The number of unbranched alkanes of at least 4 members (excludes halogenated alkanes) is 2. The molecule has 0 atom stereocenters. The molecule has 1 fully saturated rings. The van der Waals surface area contributed by atoms with Gasteiger partial charge in [0.05, 0.1) is 7.11 Å². The summed E-state index contributed by atoms with van der Waals surface area (Å²) in [5, 5.41) is 3.35. The van der Waals surface area contributed by atoms with Gasteiger partial charge in [0.15, 0.2) is 5.82 Å². The Hall–Kier alpha value is -1.52. The second-order valence-corrected chi connectivity index (χ2v) is 5.82. The van der Waals surface area contributed by atoms with E-state index in [2.05, 4.69) is 22.2 Å². The molecule has 1 aliphatic rings. The van der Waals surface area contributed by atoms with E-state index in [-0.39, 0.29) is 0 Å². The number of aromatic nitrogens is 2. The number of methoxy groups -OCH3 is 1. The number of nitrogens with two attached hydrogens (primary N) is 1. The molecule has 3 N–H and O–H groups in total. The van der Waals surface area contributed by atoms with E-state index in [4.69, 9.17) is 10.5 Å². The monoisotopic (exact) mass is 292 g/mol. The van der Waals surface area contributed by atoms with Crippen LogP contribution in [0.1, 0.15) is 70.0 Å². The third-order valence-corrected chi connectivity index (χ3v) is 4.16. The zero-order valence-electron chi connectivity index (χ0n) is 13.3. The molecule has 0 bridgehead atoms. The average molecular weight is 292 g/mol. The fraction of sp³-hybridized carbons (Fsp3) is 0.750. The second kappa shape index (κ2) is 8.05. The van der Waals surface area contributed by atoms with Crippen molar-refractivity contribution in [3.63, 3.8) is 0 Å². The Morgan fingerprint density at radius 1 is 1.19 bits per heavy atom. The molecule has 0 radical (unpaired) electrons. The highest BCUT2D eigenvalue weighted by atomic mass is 16.5. The van der Waals surface area contributed by atoms with Crippen molar-refractivity contribution >= 4 is 11.5 Å². The second-order valence-electron chi connectivity index (χ2n) is 5.82. The molecule has 0 unspecified atom stereocenters. The Bertz CT molecular complexity index is 444. The van der Waals surface area contributed by atoms with Crippen molar-refractivity contribution in [1.82, 2.24) is 9.97 Å². The van der Waals surface area contributed by atoms with Crippen LogP contribution in [0.5, 0.6) is 5.88 Å². The van der Waals surface area contributed by atoms with Gasteiger partial charge in [-0.25, -0.2) is 4.98 Å². The Balaban J connectivity index is 2.13. The highest BCUT2D eigenvalue weighted by molar-refractivity contribution is 5.67. The molecule has 0 aliphatic heterocycles. The first-order chi connectivity index (χ1) is 10.3. The first-order valence-electron chi connectivity index (χ1n) is 8.21. The maximum absolute atomic E-state index is 6.09. The first kappa shape index (κ1) is 15.9. The molecule has 0 aromatic carbocycles. The summed E-state index contributed by atoms with van der Waals surface area (Å²) in [5.41, 5.74) is 6.62. The van der Waals surface area contributed by atoms with E-state index in [1.54, 1.807) is 7.11 Å². The number of ether oxygens (including phenoxy) is 1. The zero-order valence-corrected chi connectivity index (χ0v) is 13.3. The molecule has 0 amide bonds. The molecular weight excluding hydrogens is 264 g/mol. The summed E-state index contributed by atoms with van der Waals surface area (Å²) >= 11 is 0. The van der Waals surface area contributed by atoms with Gasteiger partial charge < -0.3 is 15.8 Å². The average Bonchev–Trinajstić information content (AvgIpc) is 2.53. The van der Waals surface area contributed by atoms with Crippen LogP contribution in [0.4, 0.5) is 11.5 Å². The van der Waals surface area contributed by atoms with Gasteiger partial charge in [-0.2, -0.15) is 4.98 Å². The summed E-state index contributed by atoms with van der Waals surface area (Å²) < 4.78 is 5.33. The SMILES string of the molecule is CCCCCNc1nc(C2CCCCC2)nc(OC)c1N. The lowest BCUT2D eigenvalue weighted by atomic mass is 9.88. The van der Waals surface area contributed by atoms with E-state index in [1.165, 1.54) is 44.9 Å². The van der Waals surface area contributed by atoms with Gasteiger partial charge in [-0.3, -0.25) is 0 Å². The Morgan fingerprint density at radius 2 is 1.95 bits per heavy atom. The van der Waals surface area contributed by atoms with E-state index >= 15 is 0 Å². The number of nitrogens with one attached hydrogen (secondary N) is 1. The van der Waals surface area contributed by atoms with Gasteiger partial charge in [-0.1, -0.05) is 39.0 Å². The van der Waals surface area contributed by atoms with E-state index in [0.29, 0.717) is 17.5 Å². The normalized spacial score (nSPS) is 15.9. The first-order valence-corrected chi connectivity index (χ1v) is 8.21. The van der Waals surface area contributed by atoms with Gasteiger partial charge in [0.1, 0.15) is 11.5 Å². The van der Waals surface area contributed by atoms with E-state index in [9.17, 15) is 0 Å². The topological polar surface area (TPSA) is 73.1 Å². The number of rotatable bonds is 7. The third kappa shape index (κ3) is 4.22. The molecule has 2 rings (SSSR count). The maximum Gasteiger partial charge on any atom is 0.242 e. The molecule has 0 spiro atoms. The van der Waals surface area contributed by atoms with Crippen LogP contribution in [0, 0.1) is 0 Å². The van der Waals surface area contributed by atoms with E-state index < -0.39 is 0 Å². The molecule has 1 aromatic rings. The van der Waals surface area contributed by atoms with Crippen LogP contribution in [0.2, 0.25) is 0 Å².